The molecular weight excluding hydrogens is 144 g/mol. The van der Waals surface area contributed by atoms with Gasteiger partial charge in [0.25, 0.3) is 0 Å². The smallest absolute Gasteiger partial charge is 0.134 e. The van der Waals surface area contributed by atoms with Crippen LogP contribution in [-0.4, -0.2) is 19.5 Å². The maximum Gasteiger partial charge on any atom is 0.134 e. The van der Waals surface area contributed by atoms with Crippen molar-refractivity contribution in [3.05, 3.63) is 10.7 Å². The number of hydrogen-bond donors (Lipinski definition) is 1. The van der Waals surface area contributed by atoms with Gasteiger partial charge in [0.05, 0.1) is 0 Å². The van der Waals surface area contributed by atoms with E-state index in [1.165, 1.54) is 4.91 Å². The highest BCUT2D eigenvalue weighted by Crippen LogP contribution is 2.16. The molecule has 3 heteroatoms. The number of allylic oxidation sites excluding steroid dienone is 1. The molecule has 0 aromatic heterocycles. The molecule has 0 rings (SSSR count). The highest BCUT2D eigenvalue weighted by atomic mass is 32.2. The quantitative estimate of drug-likeness (QED) is 0.631. The third-order valence-electron chi connectivity index (χ3n) is 1.09. The lowest BCUT2D eigenvalue weighted by Gasteiger charge is -2.03. The molecule has 2 nitrogen and oxygen atoms in total. The summed E-state index contributed by atoms with van der Waals surface area (Å²) in [7, 11) is 1.85. The monoisotopic (exact) mass is 158 g/mol. The van der Waals surface area contributed by atoms with Gasteiger partial charge >= 0.3 is 0 Å². The number of aliphatic imine (C=N–C) groups is 1. The van der Waals surface area contributed by atoms with Crippen molar-refractivity contribution in [2.45, 2.75) is 13.8 Å². The second-order valence-electron chi connectivity index (χ2n) is 1.75. The number of nitrogens with one attached hydrogen (secondary N) is 1. The summed E-state index contributed by atoms with van der Waals surface area (Å²) in [6, 6.07) is 0. The van der Waals surface area contributed by atoms with Gasteiger partial charge in [-0.05, 0) is 19.4 Å². The van der Waals surface area contributed by atoms with Crippen LogP contribution in [-0.2, 0) is 0 Å². The first kappa shape index (κ1) is 9.56. The molecular formula is C7H14N2S. The molecule has 0 aromatic carbocycles. The Labute approximate surface area is 66.8 Å². The predicted octanol–water partition coefficient (Wildman–Crippen LogP) is 1.85. The number of nitrogens with zero attached hydrogens (tertiary/aromatic N) is 1. The molecule has 0 atom stereocenters. The topological polar surface area (TPSA) is 24.4 Å². The Kier molecular flexibility index (Phi) is 5.12. The van der Waals surface area contributed by atoms with Gasteiger partial charge in [-0.15, -0.1) is 11.8 Å². The van der Waals surface area contributed by atoms with Crippen molar-refractivity contribution >= 4 is 18.5 Å². The van der Waals surface area contributed by atoms with Crippen LogP contribution >= 0.6 is 11.8 Å². The zero-order valence-electron chi connectivity index (χ0n) is 6.77. The van der Waals surface area contributed by atoms with E-state index in [4.69, 9.17) is 0 Å². The molecule has 1 N–H and O–H groups in total. The Hall–Kier alpha value is -0.440. The summed E-state index contributed by atoms with van der Waals surface area (Å²) >= 11 is 1.77. The van der Waals surface area contributed by atoms with Gasteiger partial charge in [-0.25, -0.2) is 4.99 Å². The molecule has 0 aliphatic rings. The Bertz CT molecular complexity index is 141. The lowest BCUT2D eigenvalue weighted by Crippen LogP contribution is -2.04. The standard InChI is InChI=1S/C7H14N2S/c1-5-10-6(2)7(8-3)9-4/h9H,3,5H2,1-2,4H3/b7-6+. The molecule has 0 saturated heterocycles. The van der Waals surface area contributed by atoms with Crippen LogP contribution in [0.25, 0.3) is 0 Å². The van der Waals surface area contributed by atoms with Crippen molar-refractivity contribution < 1.29 is 0 Å². The van der Waals surface area contributed by atoms with Gasteiger partial charge in [-0.2, -0.15) is 0 Å². The minimum atomic E-state index is 0.881. The fraction of sp³-hybridized carbons (Fsp3) is 0.571. The average Bonchev–Trinajstić information content (AvgIpc) is 1.91. The lowest BCUT2D eigenvalue weighted by molar-refractivity contribution is 0.960. The lowest BCUT2D eigenvalue weighted by atomic mass is 10.6. The van der Waals surface area contributed by atoms with Crippen LogP contribution in [0.1, 0.15) is 13.8 Å². The number of thioether (sulfide) groups is 1. The molecule has 0 bridgehead atoms. The zero-order chi connectivity index (χ0) is 7.98. The summed E-state index contributed by atoms with van der Waals surface area (Å²) in [4.78, 5) is 5.02. The van der Waals surface area contributed by atoms with Crippen LogP contribution < -0.4 is 5.32 Å². The van der Waals surface area contributed by atoms with Crippen molar-refractivity contribution in [3.63, 3.8) is 0 Å². The predicted molar refractivity (Wildman–Crippen MR) is 49.4 cm³/mol. The molecule has 0 radical (unpaired) electrons. The van der Waals surface area contributed by atoms with E-state index in [0.29, 0.717) is 0 Å². The van der Waals surface area contributed by atoms with Crippen LogP contribution in [0, 0.1) is 0 Å². The average molecular weight is 158 g/mol. The van der Waals surface area contributed by atoms with Crippen LogP contribution in [0.15, 0.2) is 15.7 Å². The summed E-state index contributed by atoms with van der Waals surface area (Å²) in [6.45, 7) is 7.60. The maximum absolute atomic E-state index is 3.82. The number of rotatable bonds is 4. The minimum Gasteiger partial charge on any atom is -0.373 e. The van der Waals surface area contributed by atoms with Crippen molar-refractivity contribution in [1.29, 1.82) is 0 Å². The SMILES string of the molecule is C=N/C(NC)=C(/C)SCC. The summed E-state index contributed by atoms with van der Waals surface area (Å²) < 4.78 is 0. The molecule has 0 saturated carbocycles. The van der Waals surface area contributed by atoms with E-state index < -0.39 is 0 Å². The van der Waals surface area contributed by atoms with Crippen LogP contribution in [0.3, 0.4) is 0 Å². The first-order chi connectivity index (χ1) is 4.76. The van der Waals surface area contributed by atoms with E-state index in [2.05, 4.69) is 24.0 Å². The summed E-state index contributed by atoms with van der Waals surface area (Å²) in [6.07, 6.45) is 0. The fourth-order valence-electron chi connectivity index (χ4n) is 0.651. The van der Waals surface area contributed by atoms with Gasteiger partial charge in [0.2, 0.25) is 0 Å². The van der Waals surface area contributed by atoms with Gasteiger partial charge in [0.15, 0.2) is 0 Å². The third kappa shape index (κ3) is 2.92. The highest BCUT2D eigenvalue weighted by molar-refractivity contribution is 8.03. The Morgan fingerprint density at radius 3 is 2.60 bits per heavy atom. The van der Waals surface area contributed by atoms with Gasteiger partial charge < -0.3 is 5.32 Å². The van der Waals surface area contributed by atoms with Gasteiger partial charge in [0, 0.05) is 12.0 Å². The van der Waals surface area contributed by atoms with E-state index in [1.54, 1.807) is 11.8 Å². The molecule has 0 aromatic rings. The first-order valence-corrected chi connectivity index (χ1v) is 4.23. The van der Waals surface area contributed by atoms with Gasteiger partial charge in [0.1, 0.15) is 5.82 Å². The van der Waals surface area contributed by atoms with Crippen molar-refractivity contribution in [2.24, 2.45) is 4.99 Å². The van der Waals surface area contributed by atoms with Crippen molar-refractivity contribution in [3.8, 4) is 0 Å². The fourth-order valence-corrected chi connectivity index (χ4v) is 1.39. The normalized spacial score (nSPS) is 12.3. The molecule has 0 unspecified atom stereocenters. The van der Waals surface area contributed by atoms with Crippen LogP contribution in [0.4, 0.5) is 0 Å². The molecule has 0 heterocycles. The van der Waals surface area contributed by atoms with Gasteiger partial charge in [-0.1, -0.05) is 6.92 Å². The molecule has 10 heavy (non-hydrogen) atoms. The largest absolute Gasteiger partial charge is 0.373 e. The Morgan fingerprint density at radius 2 is 2.30 bits per heavy atom. The summed E-state index contributed by atoms with van der Waals surface area (Å²) in [5.41, 5.74) is 0. The Balaban J connectivity index is 4.12. The van der Waals surface area contributed by atoms with E-state index in [9.17, 15) is 0 Å². The van der Waals surface area contributed by atoms with Crippen LogP contribution in [0.5, 0.6) is 0 Å². The Morgan fingerprint density at radius 1 is 1.70 bits per heavy atom. The van der Waals surface area contributed by atoms with Crippen LogP contribution in [0.2, 0.25) is 0 Å². The van der Waals surface area contributed by atoms with Crippen molar-refractivity contribution in [2.75, 3.05) is 12.8 Å². The highest BCUT2D eigenvalue weighted by Gasteiger charge is 1.95. The van der Waals surface area contributed by atoms with E-state index >= 15 is 0 Å². The molecule has 58 valence electrons. The van der Waals surface area contributed by atoms with E-state index in [-0.39, 0.29) is 0 Å². The summed E-state index contributed by atoms with van der Waals surface area (Å²) in [5.74, 6) is 1.96. The number of hydrogen-bond acceptors (Lipinski definition) is 3. The second-order valence-corrected chi connectivity index (χ2v) is 3.22. The van der Waals surface area contributed by atoms with E-state index in [0.717, 1.165) is 11.6 Å². The molecule has 0 amide bonds. The van der Waals surface area contributed by atoms with Crippen molar-refractivity contribution in [1.82, 2.24) is 5.32 Å². The summed E-state index contributed by atoms with van der Waals surface area (Å²) in [5, 5.41) is 2.97. The zero-order valence-corrected chi connectivity index (χ0v) is 7.59. The van der Waals surface area contributed by atoms with E-state index in [1.807, 2.05) is 14.0 Å². The third-order valence-corrected chi connectivity index (χ3v) is 2.00. The minimum absolute atomic E-state index is 0.881. The second kappa shape index (κ2) is 5.35. The maximum atomic E-state index is 3.82. The van der Waals surface area contributed by atoms with Gasteiger partial charge in [-0.3, -0.25) is 0 Å². The molecule has 0 spiro atoms. The molecule has 0 aliphatic carbocycles. The molecule has 0 aliphatic heterocycles. The molecule has 0 fully saturated rings. The first-order valence-electron chi connectivity index (χ1n) is 3.24.